The summed E-state index contributed by atoms with van der Waals surface area (Å²) in [5.41, 5.74) is 0. The molecule has 3 rings (SSSR count). The van der Waals surface area contributed by atoms with Gasteiger partial charge in [0, 0.05) is 12.2 Å². The molecule has 0 unspecified atom stereocenters. The fourth-order valence-electron chi connectivity index (χ4n) is 2.64. The van der Waals surface area contributed by atoms with Crippen LogP contribution in [0.4, 0.5) is 4.39 Å². The molecular formula is C19H19FO7S. The van der Waals surface area contributed by atoms with Crippen molar-refractivity contribution in [3.63, 3.8) is 0 Å². The predicted octanol–water partition coefficient (Wildman–Crippen LogP) is 1.39. The van der Waals surface area contributed by atoms with Crippen molar-refractivity contribution >= 4 is 17.5 Å². The quantitative estimate of drug-likeness (QED) is 0.637. The third-order valence-electron chi connectivity index (χ3n) is 4.07. The van der Waals surface area contributed by atoms with Gasteiger partial charge in [-0.2, -0.15) is 0 Å². The molecule has 1 heterocycles. The highest BCUT2D eigenvalue weighted by Crippen LogP contribution is 2.27. The summed E-state index contributed by atoms with van der Waals surface area (Å²) in [6.45, 7) is -0.532. The Morgan fingerprint density at radius 3 is 2.32 bits per heavy atom. The molecule has 5 atom stereocenters. The van der Waals surface area contributed by atoms with E-state index in [1.807, 2.05) is 0 Å². The molecule has 0 spiro atoms. The first-order valence-corrected chi connectivity index (χ1v) is 8.87. The van der Waals surface area contributed by atoms with Gasteiger partial charge < -0.3 is 34.3 Å². The normalized spacial score (nSPS) is 27.1. The second-order valence-electron chi connectivity index (χ2n) is 6.03. The van der Waals surface area contributed by atoms with Crippen LogP contribution in [0, 0.1) is 5.82 Å². The second kappa shape index (κ2) is 9.26. The van der Waals surface area contributed by atoms with Gasteiger partial charge in [0.15, 0.2) is 6.10 Å². The monoisotopic (exact) mass is 410 g/mol. The highest BCUT2D eigenvalue weighted by Gasteiger charge is 2.47. The van der Waals surface area contributed by atoms with Gasteiger partial charge in [-0.3, -0.25) is 0 Å². The first-order chi connectivity index (χ1) is 13.5. The molecule has 2 aromatic carbocycles. The van der Waals surface area contributed by atoms with Gasteiger partial charge in [0.1, 0.15) is 35.6 Å². The van der Waals surface area contributed by atoms with E-state index in [0.29, 0.717) is 5.75 Å². The maximum atomic E-state index is 13.0. The highest BCUT2D eigenvalue weighted by atomic mass is 32.1. The van der Waals surface area contributed by atoms with Crippen LogP contribution in [-0.2, 0) is 9.47 Å². The minimum absolute atomic E-state index is 0.229. The summed E-state index contributed by atoms with van der Waals surface area (Å²) in [5, 5.41) is 29.6. The minimum Gasteiger partial charge on any atom is -0.461 e. The number of aliphatic hydroxyl groups is 3. The lowest BCUT2D eigenvalue weighted by atomic mass is 9.99. The van der Waals surface area contributed by atoms with E-state index in [1.54, 1.807) is 30.3 Å². The second-order valence-corrected chi connectivity index (χ2v) is 6.36. The zero-order valence-corrected chi connectivity index (χ0v) is 15.4. The van der Waals surface area contributed by atoms with Crippen LogP contribution < -0.4 is 9.47 Å². The van der Waals surface area contributed by atoms with E-state index in [2.05, 4.69) is 0 Å². The van der Waals surface area contributed by atoms with E-state index < -0.39 is 43.1 Å². The van der Waals surface area contributed by atoms with Gasteiger partial charge in [0.25, 0.3) is 0 Å². The maximum Gasteiger partial charge on any atom is 0.358 e. The topological polar surface area (TPSA) is 97.6 Å². The fourth-order valence-corrected chi connectivity index (χ4v) is 2.85. The Kier molecular flexibility index (Phi) is 6.76. The van der Waals surface area contributed by atoms with Crippen molar-refractivity contribution in [1.82, 2.24) is 0 Å². The molecular weight excluding hydrogens is 391 g/mol. The number of para-hydroxylation sites is 1. The van der Waals surface area contributed by atoms with Crippen molar-refractivity contribution in [2.75, 3.05) is 6.61 Å². The number of hydrogen-bond acceptors (Lipinski definition) is 8. The minimum atomic E-state index is -1.48. The molecule has 0 amide bonds. The first kappa shape index (κ1) is 20.4. The molecule has 0 bridgehead atoms. The van der Waals surface area contributed by atoms with Crippen molar-refractivity contribution in [1.29, 1.82) is 0 Å². The van der Waals surface area contributed by atoms with Crippen LogP contribution in [0.1, 0.15) is 0 Å². The van der Waals surface area contributed by atoms with Gasteiger partial charge in [0.05, 0.1) is 6.61 Å². The molecule has 0 radical (unpaired) electrons. The van der Waals surface area contributed by atoms with Crippen molar-refractivity contribution in [3.8, 4) is 11.5 Å². The molecule has 3 N–H and O–H groups in total. The van der Waals surface area contributed by atoms with Crippen LogP contribution in [0.25, 0.3) is 0 Å². The highest BCUT2D eigenvalue weighted by molar-refractivity contribution is 7.79. The standard InChI is InChI=1S/C19H19FO7S/c20-11-6-8-13(9-7-11)25-19(28)27-17-16(23)15(22)14(10-21)26-18(17)24-12-4-2-1-3-5-12/h1-9,14-18,21-23H,10H2/t14-,15-,16+,17-,18+/m1/s1. The van der Waals surface area contributed by atoms with Crippen LogP contribution >= 0.6 is 12.2 Å². The summed E-state index contributed by atoms with van der Waals surface area (Å²) in [5.74, 6) is 0.212. The van der Waals surface area contributed by atoms with Gasteiger partial charge in [-0.05, 0) is 36.4 Å². The lowest BCUT2D eigenvalue weighted by Gasteiger charge is -2.41. The summed E-state index contributed by atoms with van der Waals surface area (Å²) in [6.07, 6.45) is -6.41. The summed E-state index contributed by atoms with van der Waals surface area (Å²) in [4.78, 5) is 0. The van der Waals surface area contributed by atoms with Gasteiger partial charge in [-0.15, -0.1) is 0 Å². The zero-order chi connectivity index (χ0) is 20.1. The first-order valence-electron chi connectivity index (χ1n) is 8.46. The number of halogens is 1. The van der Waals surface area contributed by atoms with Crippen molar-refractivity contribution in [2.45, 2.75) is 30.7 Å². The molecule has 9 heteroatoms. The molecule has 1 aliphatic rings. The van der Waals surface area contributed by atoms with Gasteiger partial charge in [-0.25, -0.2) is 4.39 Å². The third kappa shape index (κ3) is 4.94. The summed E-state index contributed by atoms with van der Waals surface area (Å²) < 4.78 is 35.0. The predicted molar refractivity (Wildman–Crippen MR) is 99.3 cm³/mol. The Labute approximate surface area is 165 Å². The number of hydrogen-bond donors (Lipinski definition) is 3. The summed E-state index contributed by atoms with van der Waals surface area (Å²) in [6, 6.07) is 13.7. The molecule has 1 saturated heterocycles. The lowest BCUT2D eigenvalue weighted by Crippen LogP contribution is -2.61. The van der Waals surface area contributed by atoms with E-state index in [-0.39, 0.29) is 11.0 Å². The Bertz CT molecular complexity index is 774. The van der Waals surface area contributed by atoms with Crippen LogP contribution in [0.5, 0.6) is 11.5 Å². The zero-order valence-electron chi connectivity index (χ0n) is 14.6. The molecule has 1 aliphatic heterocycles. The molecule has 7 nitrogen and oxygen atoms in total. The van der Waals surface area contributed by atoms with Crippen LogP contribution in [0.15, 0.2) is 54.6 Å². The smallest absolute Gasteiger partial charge is 0.358 e. The number of ether oxygens (including phenoxy) is 4. The summed E-state index contributed by atoms with van der Waals surface area (Å²) >= 11 is 5.03. The van der Waals surface area contributed by atoms with Crippen LogP contribution in [-0.4, -0.2) is 57.9 Å². The summed E-state index contributed by atoms with van der Waals surface area (Å²) in [7, 11) is 0. The average molecular weight is 410 g/mol. The maximum absolute atomic E-state index is 13.0. The van der Waals surface area contributed by atoms with Crippen molar-refractivity contribution < 1.29 is 38.7 Å². The molecule has 2 aromatic rings. The molecule has 0 aliphatic carbocycles. The Morgan fingerprint density at radius 1 is 1.00 bits per heavy atom. The van der Waals surface area contributed by atoms with E-state index in [1.165, 1.54) is 24.3 Å². The van der Waals surface area contributed by atoms with Crippen LogP contribution in [0.2, 0.25) is 0 Å². The van der Waals surface area contributed by atoms with E-state index >= 15 is 0 Å². The Morgan fingerprint density at radius 2 is 1.68 bits per heavy atom. The molecule has 150 valence electrons. The molecule has 0 aromatic heterocycles. The Balaban J connectivity index is 1.73. The largest absolute Gasteiger partial charge is 0.461 e. The number of rotatable bonds is 5. The lowest BCUT2D eigenvalue weighted by molar-refractivity contribution is -0.275. The third-order valence-corrected chi connectivity index (χ3v) is 4.25. The van der Waals surface area contributed by atoms with Gasteiger partial charge in [-0.1, -0.05) is 18.2 Å². The molecule has 1 fully saturated rings. The SMILES string of the molecule is OC[C@H]1O[C@H](Oc2ccccc2)[C@H](OC(=S)Oc2ccc(F)cc2)[C@@H](O)[C@@H]1O. The number of aliphatic hydroxyl groups excluding tert-OH is 3. The Hall–Kier alpha value is -2.30. The van der Waals surface area contributed by atoms with Gasteiger partial charge in [0.2, 0.25) is 6.29 Å². The molecule has 28 heavy (non-hydrogen) atoms. The number of benzene rings is 2. The fraction of sp³-hybridized carbons (Fsp3) is 0.316. The van der Waals surface area contributed by atoms with Gasteiger partial charge >= 0.3 is 5.24 Å². The number of thiocarbonyl (C=S) groups is 1. The molecule has 0 saturated carbocycles. The van der Waals surface area contributed by atoms with Crippen molar-refractivity contribution in [3.05, 3.63) is 60.4 Å². The van der Waals surface area contributed by atoms with Crippen LogP contribution in [0.3, 0.4) is 0 Å². The van der Waals surface area contributed by atoms with E-state index in [4.69, 9.17) is 31.2 Å². The van der Waals surface area contributed by atoms with Crippen molar-refractivity contribution in [2.24, 2.45) is 0 Å². The average Bonchev–Trinajstić information content (AvgIpc) is 2.70. The van der Waals surface area contributed by atoms with E-state index in [9.17, 15) is 19.7 Å². The van der Waals surface area contributed by atoms with E-state index in [0.717, 1.165) is 0 Å².